The molecule has 2 rings (SSSR count). The Hall–Kier alpha value is -0.360. The maximum atomic E-state index is 12.1. The van der Waals surface area contributed by atoms with Crippen molar-refractivity contribution in [3.8, 4) is 0 Å². The Balaban J connectivity index is 2.84. The molecule has 4 nitrogen and oxygen atoms in total. The van der Waals surface area contributed by atoms with E-state index >= 15 is 0 Å². The molecule has 1 N–H and O–H groups in total. The van der Waals surface area contributed by atoms with Crippen LogP contribution in [-0.4, -0.2) is 9.94 Å². The van der Waals surface area contributed by atoms with Crippen molar-refractivity contribution < 1.29 is 9.63 Å². The monoisotopic (exact) mass is 351 g/mol. The Morgan fingerprint density at radius 3 is 2.50 bits per heavy atom. The average Bonchev–Trinajstić information content (AvgIpc) is 2.26. The largest absolute Gasteiger partial charge is 0.428 e. The molecule has 0 aromatic carbocycles. The molecular weight excluding hydrogens is 340 g/mol. The van der Waals surface area contributed by atoms with Crippen molar-refractivity contribution in [2.45, 2.75) is 36.3 Å². The second kappa shape index (κ2) is 4.14. The highest BCUT2D eigenvalue weighted by molar-refractivity contribution is 9.09. The molecule has 1 aliphatic rings. The van der Waals surface area contributed by atoms with Gasteiger partial charge in [0.15, 0.2) is 0 Å². The van der Waals surface area contributed by atoms with Crippen molar-refractivity contribution in [2.24, 2.45) is 0 Å². The number of hydrogen-bond donors (Lipinski definition) is 1. The number of alkyl halides is 2. The highest BCUT2D eigenvalue weighted by Crippen LogP contribution is 2.42. The van der Waals surface area contributed by atoms with Gasteiger partial charge in [-0.1, -0.05) is 31.9 Å². The summed E-state index contributed by atoms with van der Waals surface area (Å²) in [6.07, 6.45) is 1.78. The summed E-state index contributed by atoms with van der Waals surface area (Å²) >= 11 is 7.00. The lowest BCUT2D eigenvalue weighted by Crippen LogP contribution is -2.35. The van der Waals surface area contributed by atoms with Gasteiger partial charge in [0, 0.05) is 11.8 Å². The van der Waals surface area contributed by atoms with E-state index in [-0.39, 0.29) is 9.65 Å². The zero-order valence-corrected chi connectivity index (χ0v) is 12.2. The van der Waals surface area contributed by atoms with Gasteiger partial charge in [-0.3, -0.25) is 0 Å². The summed E-state index contributed by atoms with van der Waals surface area (Å²) in [5.41, 5.74) is 2.39. The fraction of sp³-hybridized carbons (Fsp3) is 0.600. The third-order valence-electron chi connectivity index (χ3n) is 3.12. The fourth-order valence-electron chi connectivity index (χ4n) is 2.02. The van der Waals surface area contributed by atoms with E-state index in [1.54, 1.807) is 13.8 Å². The number of nitrogens with zero attached hydrogens (tertiary/aromatic N) is 2. The van der Waals surface area contributed by atoms with Gasteiger partial charge >= 0.3 is 0 Å². The lowest BCUT2D eigenvalue weighted by atomic mass is 9.99. The van der Waals surface area contributed by atoms with Crippen molar-refractivity contribution in [1.29, 1.82) is 0 Å². The molecule has 1 heterocycles. The summed E-state index contributed by atoms with van der Waals surface area (Å²) in [5, 5.41) is 10.1. The fourth-order valence-corrected chi connectivity index (χ4v) is 3.40. The normalized spacial score (nSPS) is 24.2. The van der Waals surface area contributed by atoms with Gasteiger partial charge in [-0.25, -0.2) is 0 Å². The minimum absolute atomic E-state index is 0.00602. The van der Waals surface area contributed by atoms with Crippen LogP contribution >= 0.6 is 31.9 Å². The summed E-state index contributed by atoms with van der Waals surface area (Å²) in [6.45, 7) is 3.45. The maximum absolute atomic E-state index is 12.1. The van der Waals surface area contributed by atoms with E-state index in [0.717, 1.165) is 22.0 Å². The second-order valence-electron chi connectivity index (χ2n) is 4.06. The van der Waals surface area contributed by atoms with Crippen molar-refractivity contribution in [3.05, 3.63) is 27.7 Å². The molecule has 0 bridgehead atoms. The van der Waals surface area contributed by atoms with Gasteiger partial charge in [0.2, 0.25) is 0 Å². The predicted molar refractivity (Wildman–Crippen MR) is 67.0 cm³/mol. The van der Waals surface area contributed by atoms with Gasteiger partial charge in [-0.05, 0) is 19.8 Å². The van der Waals surface area contributed by atoms with Crippen LogP contribution in [0.3, 0.4) is 0 Å². The van der Waals surface area contributed by atoms with Crippen LogP contribution in [0.25, 0.3) is 0 Å². The van der Waals surface area contributed by atoms with Crippen LogP contribution in [0.1, 0.15) is 45.3 Å². The first-order valence-electron chi connectivity index (χ1n) is 5.11. The molecule has 1 aliphatic carbocycles. The Labute approximate surface area is 110 Å². The van der Waals surface area contributed by atoms with Crippen LogP contribution in [0.5, 0.6) is 0 Å². The highest BCUT2D eigenvalue weighted by atomic mass is 79.9. The first-order chi connectivity index (χ1) is 7.45. The summed E-state index contributed by atoms with van der Waals surface area (Å²) in [5.74, 6) is 0. The van der Waals surface area contributed by atoms with Crippen molar-refractivity contribution in [1.82, 2.24) is 4.73 Å². The van der Waals surface area contributed by atoms with E-state index in [0.29, 0.717) is 22.8 Å². The van der Waals surface area contributed by atoms with E-state index in [1.807, 2.05) is 0 Å². The first-order valence-corrected chi connectivity index (χ1v) is 6.94. The smallest absolute Gasteiger partial charge is 0.277 e. The summed E-state index contributed by atoms with van der Waals surface area (Å²) in [4.78, 5) is 12.1. The van der Waals surface area contributed by atoms with Gasteiger partial charge in [0.25, 0.3) is 11.4 Å². The maximum Gasteiger partial charge on any atom is 0.277 e. The quantitative estimate of drug-likeness (QED) is 0.443. The molecule has 16 heavy (non-hydrogen) atoms. The average molecular weight is 353 g/mol. The molecule has 0 saturated carbocycles. The molecular formula is C10H13Br2N2O2+. The molecule has 1 aromatic rings. The molecule has 0 unspecified atom stereocenters. The Bertz CT molecular complexity index is 499. The summed E-state index contributed by atoms with van der Waals surface area (Å²) in [6, 6.07) is 0. The molecule has 0 aliphatic heterocycles. The summed E-state index contributed by atoms with van der Waals surface area (Å²) < 4.78 is 2.05. The van der Waals surface area contributed by atoms with E-state index in [9.17, 15) is 10.1 Å². The van der Waals surface area contributed by atoms with Crippen molar-refractivity contribution in [2.75, 3.05) is 0 Å². The zero-order valence-electron chi connectivity index (χ0n) is 9.07. The number of aromatic nitrogens is 2. The molecule has 1 aromatic heterocycles. The number of hydrogen-bond acceptors (Lipinski definition) is 2. The molecule has 0 amide bonds. The van der Waals surface area contributed by atoms with E-state index in [1.165, 1.54) is 0 Å². The molecule has 88 valence electrons. The highest BCUT2D eigenvalue weighted by Gasteiger charge is 2.38. The van der Waals surface area contributed by atoms with E-state index < -0.39 is 0 Å². The minimum atomic E-state index is 0.00602. The van der Waals surface area contributed by atoms with Crippen LogP contribution in [0, 0.1) is 18.8 Å². The standard InChI is InChI=1S/C10H13Br2N2O2/c1-5-6(2)14(16)10-8(12)4-3-7(11)9(10)13(5)15/h7-8,15H,3-4H2,1-2H3/q+1/t7-,8+/m1/s1. The van der Waals surface area contributed by atoms with Crippen LogP contribution in [0.15, 0.2) is 0 Å². The van der Waals surface area contributed by atoms with E-state index in [2.05, 4.69) is 31.9 Å². The minimum Gasteiger partial charge on any atom is -0.428 e. The molecule has 6 heteroatoms. The second-order valence-corrected chi connectivity index (χ2v) is 6.27. The van der Waals surface area contributed by atoms with Gasteiger partial charge in [-0.2, -0.15) is 4.73 Å². The topological polar surface area (TPSA) is 48.1 Å². The van der Waals surface area contributed by atoms with Crippen molar-refractivity contribution >= 4 is 31.9 Å². The first kappa shape index (κ1) is 12.1. The van der Waals surface area contributed by atoms with Crippen LogP contribution in [-0.2, 0) is 0 Å². The third kappa shape index (κ3) is 1.62. The molecule has 0 fully saturated rings. The zero-order chi connectivity index (χ0) is 12.0. The summed E-state index contributed by atoms with van der Waals surface area (Å²) in [7, 11) is 0. The number of rotatable bonds is 0. The number of halogens is 2. The van der Waals surface area contributed by atoms with E-state index in [4.69, 9.17) is 0 Å². The molecule has 0 radical (unpaired) electrons. The Kier molecular flexibility index (Phi) is 3.13. The van der Waals surface area contributed by atoms with Gasteiger partial charge in [-0.15, -0.1) is 0 Å². The SMILES string of the molecule is Cc1c(C)[n+](=O)c2c(n1O)[C@H](Br)CC[C@@H]2Br. The van der Waals surface area contributed by atoms with Crippen LogP contribution < -0.4 is 4.43 Å². The lowest BCUT2D eigenvalue weighted by Gasteiger charge is -2.22. The molecule has 0 spiro atoms. The Morgan fingerprint density at radius 2 is 1.88 bits per heavy atom. The van der Waals surface area contributed by atoms with Gasteiger partial charge < -0.3 is 5.21 Å². The van der Waals surface area contributed by atoms with Crippen LogP contribution in [0.2, 0.25) is 0 Å². The van der Waals surface area contributed by atoms with Gasteiger partial charge in [0.1, 0.15) is 16.2 Å². The Morgan fingerprint density at radius 1 is 1.31 bits per heavy atom. The molecule has 0 saturated heterocycles. The predicted octanol–water partition coefficient (Wildman–Crippen LogP) is 2.92. The lowest BCUT2D eigenvalue weighted by molar-refractivity contribution is -0.516. The number of fused-ring (bicyclic) bond motifs is 1. The van der Waals surface area contributed by atoms with Crippen molar-refractivity contribution in [3.63, 3.8) is 0 Å². The van der Waals surface area contributed by atoms with Gasteiger partial charge in [0.05, 0.1) is 9.25 Å². The molecule has 2 atom stereocenters. The third-order valence-corrected chi connectivity index (χ3v) is 4.91. The van der Waals surface area contributed by atoms with Crippen LogP contribution in [0.4, 0.5) is 0 Å².